The molecule has 2 fully saturated rings. The molecule has 120 valence electrons. The Balaban J connectivity index is 1.74. The van der Waals surface area contributed by atoms with Gasteiger partial charge in [0.05, 0.1) is 24.5 Å². The van der Waals surface area contributed by atoms with Crippen LogP contribution in [0.4, 0.5) is 10.1 Å². The first kappa shape index (κ1) is 15.4. The molecule has 0 bridgehead atoms. The van der Waals surface area contributed by atoms with Crippen molar-refractivity contribution in [3.8, 4) is 0 Å². The highest BCUT2D eigenvalue weighted by Crippen LogP contribution is 2.37. The summed E-state index contributed by atoms with van der Waals surface area (Å²) in [4.78, 5) is 13.8. The summed E-state index contributed by atoms with van der Waals surface area (Å²) < 4.78 is 25.4. The van der Waals surface area contributed by atoms with Crippen LogP contribution in [-0.2, 0) is 9.47 Å². The average molecular weight is 307 g/mol. The molecular weight excluding hydrogens is 285 g/mol. The molecule has 1 aromatic carbocycles. The number of hydrogen-bond acceptors (Lipinski definition) is 4. The summed E-state index contributed by atoms with van der Waals surface area (Å²) in [5, 5.41) is 0. The Hall–Kier alpha value is -1.46. The fourth-order valence-electron chi connectivity index (χ4n) is 3.54. The van der Waals surface area contributed by atoms with Gasteiger partial charge in [-0.3, -0.25) is 4.79 Å². The van der Waals surface area contributed by atoms with Crippen molar-refractivity contribution < 1.29 is 18.7 Å². The highest BCUT2D eigenvalue weighted by atomic mass is 19.1. The Labute approximate surface area is 130 Å². The molecule has 0 aromatic heterocycles. The van der Waals surface area contributed by atoms with Gasteiger partial charge in [-0.15, -0.1) is 0 Å². The number of hydrogen-bond donors (Lipinski definition) is 0. The second-order valence-electron chi connectivity index (χ2n) is 6.16. The molecule has 0 amide bonds. The van der Waals surface area contributed by atoms with Crippen LogP contribution in [0.25, 0.3) is 0 Å². The molecule has 2 aliphatic heterocycles. The minimum atomic E-state index is -0.489. The van der Waals surface area contributed by atoms with E-state index in [9.17, 15) is 9.18 Å². The van der Waals surface area contributed by atoms with Crippen molar-refractivity contribution in [1.82, 2.24) is 0 Å². The molecule has 5 heteroatoms. The number of anilines is 1. The zero-order valence-electron chi connectivity index (χ0n) is 13.1. The maximum Gasteiger partial charge on any atom is 0.168 e. The SMILES string of the molecule is CC(=O)c1c(F)cccc1N1CCC(C2(C)OCCO2)CC1. The van der Waals surface area contributed by atoms with E-state index < -0.39 is 11.6 Å². The van der Waals surface area contributed by atoms with E-state index in [4.69, 9.17) is 9.47 Å². The van der Waals surface area contributed by atoms with E-state index in [1.54, 1.807) is 6.07 Å². The van der Waals surface area contributed by atoms with Gasteiger partial charge in [0.25, 0.3) is 0 Å². The van der Waals surface area contributed by atoms with Crippen molar-refractivity contribution >= 4 is 11.5 Å². The zero-order chi connectivity index (χ0) is 15.7. The van der Waals surface area contributed by atoms with Gasteiger partial charge in [-0.05, 0) is 38.8 Å². The van der Waals surface area contributed by atoms with Gasteiger partial charge in [-0.1, -0.05) is 6.07 Å². The van der Waals surface area contributed by atoms with Crippen molar-refractivity contribution in [2.75, 3.05) is 31.2 Å². The van der Waals surface area contributed by atoms with Gasteiger partial charge >= 0.3 is 0 Å². The minimum absolute atomic E-state index is 0.195. The predicted octanol–water partition coefficient (Wildman–Crippen LogP) is 3.01. The highest BCUT2D eigenvalue weighted by molar-refractivity contribution is 6.00. The summed E-state index contributed by atoms with van der Waals surface area (Å²) in [7, 11) is 0. The van der Waals surface area contributed by atoms with Crippen molar-refractivity contribution in [3.05, 3.63) is 29.6 Å². The van der Waals surface area contributed by atoms with E-state index in [1.807, 2.05) is 13.0 Å². The number of benzene rings is 1. The van der Waals surface area contributed by atoms with Crippen LogP contribution in [0.1, 0.15) is 37.0 Å². The number of ketones is 1. The van der Waals surface area contributed by atoms with Gasteiger partial charge in [-0.25, -0.2) is 4.39 Å². The molecular formula is C17H22FNO3. The monoisotopic (exact) mass is 307 g/mol. The highest BCUT2D eigenvalue weighted by Gasteiger charge is 2.41. The number of nitrogens with zero attached hydrogens (tertiary/aromatic N) is 1. The number of carbonyl (C=O) groups is 1. The maximum absolute atomic E-state index is 14.0. The van der Waals surface area contributed by atoms with Gasteiger partial charge in [0.2, 0.25) is 0 Å². The Kier molecular flexibility index (Phi) is 4.19. The molecule has 3 rings (SSSR count). The molecule has 0 saturated carbocycles. The number of rotatable bonds is 3. The lowest BCUT2D eigenvalue weighted by Crippen LogP contribution is -2.44. The van der Waals surface area contributed by atoms with E-state index in [0.717, 1.165) is 25.9 Å². The molecule has 4 nitrogen and oxygen atoms in total. The third-order valence-electron chi connectivity index (χ3n) is 4.78. The summed E-state index contributed by atoms with van der Waals surface area (Å²) in [5.41, 5.74) is 0.893. The van der Waals surface area contributed by atoms with Crippen LogP contribution in [0, 0.1) is 11.7 Å². The smallest absolute Gasteiger partial charge is 0.168 e. The lowest BCUT2D eigenvalue weighted by atomic mass is 9.88. The Morgan fingerprint density at radius 3 is 2.50 bits per heavy atom. The predicted molar refractivity (Wildman–Crippen MR) is 81.7 cm³/mol. The molecule has 2 heterocycles. The molecule has 0 N–H and O–H groups in total. The molecule has 1 aromatic rings. The summed E-state index contributed by atoms with van der Waals surface area (Å²) in [5.74, 6) is -0.830. The summed E-state index contributed by atoms with van der Waals surface area (Å²) in [6, 6.07) is 4.83. The molecule has 0 unspecified atom stereocenters. The quantitative estimate of drug-likeness (QED) is 0.805. The number of halogens is 1. The van der Waals surface area contributed by atoms with Crippen LogP contribution in [0.15, 0.2) is 18.2 Å². The first-order valence-corrected chi connectivity index (χ1v) is 7.83. The van der Waals surface area contributed by atoms with Gasteiger partial charge in [0, 0.05) is 19.0 Å². The van der Waals surface area contributed by atoms with Crippen LogP contribution >= 0.6 is 0 Å². The Morgan fingerprint density at radius 1 is 1.27 bits per heavy atom. The lowest BCUT2D eigenvalue weighted by molar-refractivity contribution is -0.185. The third-order valence-corrected chi connectivity index (χ3v) is 4.78. The summed E-state index contributed by atoms with van der Waals surface area (Å²) >= 11 is 0. The van der Waals surface area contributed by atoms with E-state index in [2.05, 4.69) is 4.90 Å². The average Bonchev–Trinajstić information content (AvgIpc) is 2.95. The van der Waals surface area contributed by atoms with Gasteiger partial charge in [-0.2, -0.15) is 0 Å². The molecule has 2 aliphatic rings. The molecule has 0 radical (unpaired) electrons. The Morgan fingerprint density at radius 2 is 1.91 bits per heavy atom. The fourth-order valence-corrected chi connectivity index (χ4v) is 3.54. The second kappa shape index (κ2) is 5.97. The van der Waals surface area contributed by atoms with Gasteiger partial charge in [0.15, 0.2) is 11.6 Å². The molecule has 0 atom stereocenters. The van der Waals surface area contributed by atoms with E-state index in [-0.39, 0.29) is 11.3 Å². The molecule has 0 spiro atoms. The van der Waals surface area contributed by atoms with Crippen molar-refractivity contribution in [3.63, 3.8) is 0 Å². The van der Waals surface area contributed by atoms with E-state index in [1.165, 1.54) is 13.0 Å². The van der Waals surface area contributed by atoms with Crippen LogP contribution in [0.2, 0.25) is 0 Å². The van der Waals surface area contributed by atoms with Crippen LogP contribution in [0.3, 0.4) is 0 Å². The maximum atomic E-state index is 14.0. The lowest BCUT2D eigenvalue weighted by Gasteiger charge is -2.40. The van der Waals surface area contributed by atoms with Gasteiger partial charge < -0.3 is 14.4 Å². The first-order valence-electron chi connectivity index (χ1n) is 7.83. The number of piperidine rings is 1. The zero-order valence-corrected chi connectivity index (χ0v) is 13.1. The minimum Gasteiger partial charge on any atom is -0.371 e. The van der Waals surface area contributed by atoms with Gasteiger partial charge in [0.1, 0.15) is 5.82 Å². The van der Waals surface area contributed by atoms with E-state index >= 15 is 0 Å². The Bertz CT molecular complexity index is 561. The van der Waals surface area contributed by atoms with Crippen molar-refractivity contribution in [2.45, 2.75) is 32.5 Å². The molecule has 0 aliphatic carbocycles. The summed E-state index contributed by atoms with van der Waals surface area (Å²) in [6.07, 6.45) is 1.81. The van der Waals surface area contributed by atoms with Crippen LogP contribution in [-0.4, -0.2) is 37.9 Å². The molecule has 22 heavy (non-hydrogen) atoms. The van der Waals surface area contributed by atoms with Crippen molar-refractivity contribution in [2.24, 2.45) is 5.92 Å². The second-order valence-corrected chi connectivity index (χ2v) is 6.16. The normalized spacial score (nSPS) is 22.0. The fraction of sp³-hybridized carbons (Fsp3) is 0.588. The third kappa shape index (κ3) is 2.75. The summed E-state index contributed by atoms with van der Waals surface area (Å²) in [6.45, 7) is 6.26. The van der Waals surface area contributed by atoms with Crippen molar-refractivity contribution in [1.29, 1.82) is 0 Å². The van der Waals surface area contributed by atoms with Crippen LogP contribution < -0.4 is 4.90 Å². The van der Waals surface area contributed by atoms with Crippen LogP contribution in [0.5, 0.6) is 0 Å². The number of carbonyl (C=O) groups excluding carboxylic acids is 1. The standard InChI is InChI=1S/C17H22FNO3/c1-12(20)16-14(18)4-3-5-15(16)19-8-6-13(7-9-19)17(2)21-10-11-22-17/h3-5,13H,6-11H2,1-2H3. The topological polar surface area (TPSA) is 38.8 Å². The molecule has 2 saturated heterocycles. The van der Waals surface area contributed by atoms with E-state index in [0.29, 0.717) is 24.8 Å². The number of ether oxygens (including phenoxy) is 2. The number of Topliss-reactive ketones (excluding diaryl/α,β-unsaturated/α-hetero) is 1. The first-order chi connectivity index (χ1) is 10.5. The largest absolute Gasteiger partial charge is 0.371 e.